The SMILES string of the molecule is COc1ccc2c(c1)C=C(CN)C(c1ccccc1)O2. The molecular formula is C17H17NO2. The second-order valence-corrected chi connectivity index (χ2v) is 4.74. The molecular weight excluding hydrogens is 250 g/mol. The average molecular weight is 267 g/mol. The van der Waals surface area contributed by atoms with Crippen LogP contribution >= 0.6 is 0 Å². The van der Waals surface area contributed by atoms with Crippen LogP contribution in [-0.4, -0.2) is 13.7 Å². The van der Waals surface area contributed by atoms with Crippen LogP contribution in [0.5, 0.6) is 11.5 Å². The van der Waals surface area contributed by atoms with Gasteiger partial charge < -0.3 is 15.2 Å². The van der Waals surface area contributed by atoms with Gasteiger partial charge in [-0.15, -0.1) is 0 Å². The molecule has 0 saturated carbocycles. The first kappa shape index (κ1) is 12.8. The van der Waals surface area contributed by atoms with E-state index >= 15 is 0 Å². The summed E-state index contributed by atoms with van der Waals surface area (Å²) in [5, 5.41) is 0. The molecule has 1 atom stereocenters. The maximum atomic E-state index is 6.12. The summed E-state index contributed by atoms with van der Waals surface area (Å²) >= 11 is 0. The third-order valence-corrected chi connectivity index (χ3v) is 3.48. The maximum Gasteiger partial charge on any atom is 0.146 e. The van der Waals surface area contributed by atoms with Crippen molar-refractivity contribution in [1.29, 1.82) is 0 Å². The number of ether oxygens (including phenoxy) is 2. The Kier molecular flexibility index (Phi) is 3.44. The lowest BCUT2D eigenvalue weighted by Crippen LogP contribution is -2.20. The fraction of sp³-hybridized carbons (Fsp3) is 0.176. The number of hydrogen-bond donors (Lipinski definition) is 1. The Balaban J connectivity index is 2.02. The van der Waals surface area contributed by atoms with Gasteiger partial charge >= 0.3 is 0 Å². The van der Waals surface area contributed by atoms with Gasteiger partial charge in [0, 0.05) is 12.1 Å². The van der Waals surface area contributed by atoms with Gasteiger partial charge in [0.15, 0.2) is 0 Å². The predicted octanol–water partition coefficient (Wildman–Crippen LogP) is 3.17. The molecule has 0 spiro atoms. The van der Waals surface area contributed by atoms with Crippen molar-refractivity contribution in [3.8, 4) is 11.5 Å². The van der Waals surface area contributed by atoms with Crippen LogP contribution in [-0.2, 0) is 0 Å². The van der Waals surface area contributed by atoms with Gasteiger partial charge in [-0.3, -0.25) is 0 Å². The number of nitrogens with two attached hydrogens (primary N) is 1. The van der Waals surface area contributed by atoms with Gasteiger partial charge in [0.2, 0.25) is 0 Å². The van der Waals surface area contributed by atoms with Gasteiger partial charge in [0.05, 0.1) is 7.11 Å². The summed E-state index contributed by atoms with van der Waals surface area (Å²) in [6, 6.07) is 15.9. The molecule has 1 aliphatic heterocycles. The third-order valence-electron chi connectivity index (χ3n) is 3.48. The van der Waals surface area contributed by atoms with E-state index in [1.165, 1.54) is 0 Å². The summed E-state index contributed by atoms with van der Waals surface area (Å²) in [5.41, 5.74) is 9.07. The molecule has 0 saturated heterocycles. The van der Waals surface area contributed by atoms with Gasteiger partial charge in [-0.1, -0.05) is 30.3 Å². The fourth-order valence-electron chi connectivity index (χ4n) is 2.43. The van der Waals surface area contributed by atoms with Crippen LogP contribution in [0.2, 0.25) is 0 Å². The number of rotatable bonds is 3. The van der Waals surface area contributed by atoms with Crippen molar-refractivity contribution in [2.45, 2.75) is 6.10 Å². The minimum atomic E-state index is -0.109. The Morgan fingerprint density at radius 3 is 2.65 bits per heavy atom. The molecule has 0 bridgehead atoms. The lowest BCUT2D eigenvalue weighted by Gasteiger charge is -2.27. The average Bonchev–Trinajstić information content (AvgIpc) is 2.53. The molecule has 3 nitrogen and oxygen atoms in total. The van der Waals surface area contributed by atoms with E-state index < -0.39 is 0 Å². The summed E-state index contributed by atoms with van der Waals surface area (Å²) in [5.74, 6) is 1.68. The van der Waals surface area contributed by atoms with Crippen molar-refractivity contribution in [1.82, 2.24) is 0 Å². The predicted molar refractivity (Wildman–Crippen MR) is 79.8 cm³/mol. The Hall–Kier alpha value is -2.26. The molecule has 3 rings (SSSR count). The Labute approximate surface area is 118 Å². The molecule has 2 aromatic rings. The second kappa shape index (κ2) is 5.39. The van der Waals surface area contributed by atoms with E-state index in [1.54, 1.807) is 7.11 Å². The molecule has 0 radical (unpaired) electrons. The van der Waals surface area contributed by atoms with Crippen molar-refractivity contribution < 1.29 is 9.47 Å². The van der Waals surface area contributed by atoms with Crippen LogP contribution < -0.4 is 15.2 Å². The minimum Gasteiger partial charge on any atom is -0.497 e. The molecule has 3 heteroatoms. The van der Waals surface area contributed by atoms with Crippen LogP contribution in [0.3, 0.4) is 0 Å². The van der Waals surface area contributed by atoms with Crippen LogP contribution in [0, 0.1) is 0 Å². The summed E-state index contributed by atoms with van der Waals surface area (Å²) in [6.45, 7) is 0.468. The molecule has 102 valence electrons. The highest BCUT2D eigenvalue weighted by molar-refractivity contribution is 5.65. The Morgan fingerprint density at radius 1 is 1.15 bits per heavy atom. The van der Waals surface area contributed by atoms with Crippen LogP contribution in [0.4, 0.5) is 0 Å². The van der Waals surface area contributed by atoms with Crippen molar-refractivity contribution >= 4 is 6.08 Å². The first-order valence-corrected chi connectivity index (χ1v) is 6.62. The molecule has 0 aromatic heterocycles. The summed E-state index contributed by atoms with van der Waals surface area (Å²) < 4.78 is 11.4. The van der Waals surface area contributed by atoms with E-state index in [-0.39, 0.29) is 6.10 Å². The standard InChI is InChI=1S/C17H17NO2/c1-19-15-7-8-16-13(10-15)9-14(11-18)17(20-16)12-5-3-2-4-6-12/h2-10,17H,11,18H2,1H3. The monoisotopic (exact) mass is 267 g/mol. The highest BCUT2D eigenvalue weighted by Crippen LogP contribution is 2.38. The number of methoxy groups -OCH3 is 1. The van der Waals surface area contributed by atoms with Gasteiger partial charge in [-0.25, -0.2) is 0 Å². The van der Waals surface area contributed by atoms with Crippen LogP contribution in [0.25, 0.3) is 6.08 Å². The Bertz CT molecular complexity index is 635. The normalized spacial score (nSPS) is 16.9. The van der Waals surface area contributed by atoms with E-state index in [0.29, 0.717) is 6.54 Å². The summed E-state index contributed by atoms with van der Waals surface area (Å²) in [7, 11) is 1.66. The van der Waals surface area contributed by atoms with Crippen LogP contribution in [0.1, 0.15) is 17.2 Å². The quantitative estimate of drug-likeness (QED) is 0.929. The van der Waals surface area contributed by atoms with E-state index in [4.69, 9.17) is 15.2 Å². The molecule has 2 aromatic carbocycles. The highest BCUT2D eigenvalue weighted by Gasteiger charge is 2.23. The highest BCUT2D eigenvalue weighted by atomic mass is 16.5. The van der Waals surface area contributed by atoms with Crippen molar-refractivity contribution in [2.24, 2.45) is 5.73 Å². The van der Waals surface area contributed by atoms with Gasteiger partial charge in [0.1, 0.15) is 17.6 Å². The van der Waals surface area contributed by atoms with E-state index in [9.17, 15) is 0 Å². The van der Waals surface area contributed by atoms with Gasteiger partial charge in [-0.05, 0) is 35.4 Å². The molecule has 1 heterocycles. The summed E-state index contributed by atoms with van der Waals surface area (Å²) in [6.07, 6.45) is 1.99. The lowest BCUT2D eigenvalue weighted by molar-refractivity contribution is 0.236. The first-order valence-electron chi connectivity index (χ1n) is 6.62. The molecule has 1 aliphatic rings. The maximum absolute atomic E-state index is 6.12. The zero-order valence-corrected chi connectivity index (χ0v) is 11.4. The van der Waals surface area contributed by atoms with Crippen molar-refractivity contribution in [3.05, 3.63) is 65.2 Å². The molecule has 2 N–H and O–H groups in total. The topological polar surface area (TPSA) is 44.5 Å². The third kappa shape index (κ3) is 2.28. The zero-order valence-electron chi connectivity index (χ0n) is 11.4. The lowest BCUT2D eigenvalue weighted by atomic mass is 9.96. The molecule has 0 amide bonds. The molecule has 0 fully saturated rings. The van der Waals surface area contributed by atoms with Gasteiger partial charge in [0.25, 0.3) is 0 Å². The number of benzene rings is 2. The van der Waals surface area contributed by atoms with E-state index in [1.807, 2.05) is 36.4 Å². The van der Waals surface area contributed by atoms with E-state index in [0.717, 1.165) is 28.2 Å². The number of fused-ring (bicyclic) bond motifs is 1. The van der Waals surface area contributed by atoms with Crippen LogP contribution in [0.15, 0.2) is 54.1 Å². The Morgan fingerprint density at radius 2 is 1.95 bits per heavy atom. The molecule has 1 unspecified atom stereocenters. The van der Waals surface area contributed by atoms with E-state index in [2.05, 4.69) is 18.2 Å². The summed E-state index contributed by atoms with van der Waals surface area (Å²) in [4.78, 5) is 0. The van der Waals surface area contributed by atoms with Crippen molar-refractivity contribution in [3.63, 3.8) is 0 Å². The first-order chi connectivity index (χ1) is 9.81. The number of hydrogen-bond acceptors (Lipinski definition) is 3. The second-order valence-electron chi connectivity index (χ2n) is 4.74. The molecule has 0 aliphatic carbocycles. The van der Waals surface area contributed by atoms with Gasteiger partial charge in [-0.2, -0.15) is 0 Å². The largest absolute Gasteiger partial charge is 0.497 e. The fourth-order valence-corrected chi connectivity index (χ4v) is 2.43. The zero-order chi connectivity index (χ0) is 13.9. The molecule has 20 heavy (non-hydrogen) atoms. The minimum absolute atomic E-state index is 0.109. The smallest absolute Gasteiger partial charge is 0.146 e. The van der Waals surface area contributed by atoms with Crippen molar-refractivity contribution in [2.75, 3.05) is 13.7 Å².